The van der Waals surface area contributed by atoms with E-state index in [1.54, 1.807) is 0 Å². The Morgan fingerprint density at radius 2 is 2.36 bits per heavy atom. The highest BCUT2D eigenvalue weighted by Crippen LogP contribution is 2.24. The number of morpholine rings is 1. The van der Waals surface area contributed by atoms with E-state index in [2.05, 4.69) is 14.6 Å². The fourth-order valence-corrected chi connectivity index (χ4v) is 3.39. The quantitative estimate of drug-likeness (QED) is 0.853. The molecule has 7 nitrogen and oxygen atoms in total. The van der Waals surface area contributed by atoms with Crippen LogP contribution < -0.4 is 0 Å². The number of amides is 1. The van der Waals surface area contributed by atoms with Gasteiger partial charge in [-0.15, -0.1) is 5.10 Å². The number of carbonyl (C=O) groups is 1. The van der Waals surface area contributed by atoms with E-state index in [-0.39, 0.29) is 12.0 Å². The molecule has 0 saturated carbocycles. The first-order chi connectivity index (χ1) is 10.6. The highest BCUT2D eigenvalue weighted by atomic mass is 32.1. The average Bonchev–Trinajstić information content (AvgIpc) is 3.12. The van der Waals surface area contributed by atoms with Crippen molar-refractivity contribution in [2.75, 3.05) is 19.7 Å². The monoisotopic (exact) mass is 321 g/mol. The van der Waals surface area contributed by atoms with Crippen LogP contribution in [0.3, 0.4) is 0 Å². The first-order valence-electron chi connectivity index (χ1n) is 7.32. The molecule has 8 heteroatoms. The van der Waals surface area contributed by atoms with Crippen LogP contribution in [0.25, 0.3) is 0 Å². The van der Waals surface area contributed by atoms with Crippen molar-refractivity contribution in [3.8, 4) is 0 Å². The molecule has 0 radical (unpaired) electrons. The summed E-state index contributed by atoms with van der Waals surface area (Å²) in [7, 11) is 1.95. The second-order valence-corrected chi connectivity index (χ2v) is 6.12. The Labute approximate surface area is 133 Å². The van der Waals surface area contributed by atoms with Crippen LogP contribution >= 0.6 is 11.5 Å². The molecule has 0 N–H and O–H groups in total. The number of imidazole rings is 1. The molecule has 1 aliphatic rings. The number of carbonyl (C=O) groups excluding carboxylic acids is 1. The minimum Gasteiger partial charge on any atom is -0.367 e. The largest absolute Gasteiger partial charge is 0.367 e. The topological polar surface area (TPSA) is 73.1 Å². The summed E-state index contributed by atoms with van der Waals surface area (Å²) in [4.78, 5) is 19.6. The lowest BCUT2D eigenvalue weighted by Gasteiger charge is -2.32. The van der Waals surface area contributed by atoms with Gasteiger partial charge in [-0.3, -0.25) is 4.79 Å². The van der Waals surface area contributed by atoms with E-state index < -0.39 is 0 Å². The van der Waals surface area contributed by atoms with Gasteiger partial charge < -0.3 is 14.2 Å². The van der Waals surface area contributed by atoms with Gasteiger partial charge in [0.05, 0.1) is 24.5 Å². The highest BCUT2D eigenvalue weighted by Gasteiger charge is 2.30. The fourth-order valence-electron chi connectivity index (χ4n) is 2.67. The van der Waals surface area contributed by atoms with Crippen molar-refractivity contribution in [3.05, 3.63) is 28.3 Å². The smallest absolute Gasteiger partial charge is 0.267 e. The second-order valence-electron chi connectivity index (χ2n) is 5.36. The molecule has 3 rings (SSSR count). The summed E-state index contributed by atoms with van der Waals surface area (Å²) in [6, 6.07) is 0. The molecule has 118 valence electrons. The summed E-state index contributed by atoms with van der Waals surface area (Å²) in [6.45, 7) is 5.53. The first kappa shape index (κ1) is 15.1. The van der Waals surface area contributed by atoms with Crippen LogP contribution in [0.15, 0.2) is 6.20 Å². The van der Waals surface area contributed by atoms with Crippen LogP contribution in [0.1, 0.15) is 39.9 Å². The van der Waals surface area contributed by atoms with Gasteiger partial charge in [-0.1, -0.05) is 11.4 Å². The van der Waals surface area contributed by atoms with E-state index >= 15 is 0 Å². The molecule has 0 spiro atoms. The Hall–Kier alpha value is -1.80. The zero-order valence-electron chi connectivity index (χ0n) is 12.9. The predicted molar refractivity (Wildman–Crippen MR) is 81.8 cm³/mol. The van der Waals surface area contributed by atoms with E-state index in [4.69, 9.17) is 4.74 Å². The van der Waals surface area contributed by atoms with Crippen LogP contribution in [0, 0.1) is 6.92 Å². The molecule has 2 aromatic rings. The molecule has 0 aromatic carbocycles. The van der Waals surface area contributed by atoms with Gasteiger partial charge in [-0.05, 0) is 24.9 Å². The number of hydrogen-bond donors (Lipinski definition) is 0. The molecule has 0 bridgehead atoms. The lowest BCUT2D eigenvalue weighted by atomic mass is 10.2. The average molecular weight is 321 g/mol. The number of aromatic nitrogens is 4. The third kappa shape index (κ3) is 2.76. The van der Waals surface area contributed by atoms with Crippen molar-refractivity contribution < 1.29 is 9.53 Å². The van der Waals surface area contributed by atoms with E-state index in [0.717, 1.165) is 17.2 Å². The maximum Gasteiger partial charge on any atom is 0.267 e. The molecule has 3 heterocycles. The van der Waals surface area contributed by atoms with Crippen molar-refractivity contribution in [2.45, 2.75) is 26.4 Å². The van der Waals surface area contributed by atoms with Crippen LogP contribution in [0.4, 0.5) is 0 Å². The van der Waals surface area contributed by atoms with Gasteiger partial charge in [0.15, 0.2) is 0 Å². The molecule has 0 aliphatic carbocycles. The van der Waals surface area contributed by atoms with Gasteiger partial charge in [0.25, 0.3) is 5.91 Å². The molecular weight excluding hydrogens is 302 g/mol. The zero-order valence-corrected chi connectivity index (χ0v) is 13.8. The Morgan fingerprint density at radius 1 is 1.55 bits per heavy atom. The summed E-state index contributed by atoms with van der Waals surface area (Å²) in [5, 5.41) is 4.02. The number of hydrogen-bond acceptors (Lipinski definition) is 6. The maximum absolute atomic E-state index is 12.7. The number of aryl methyl sites for hydroxylation is 3. The molecule has 1 amide bonds. The van der Waals surface area contributed by atoms with Crippen molar-refractivity contribution in [3.63, 3.8) is 0 Å². The summed E-state index contributed by atoms with van der Waals surface area (Å²) < 4.78 is 11.7. The Morgan fingerprint density at radius 3 is 3.05 bits per heavy atom. The molecule has 1 saturated heterocycles. The zero-order chi connectivity index (χ0) is 15.7. The third-order valence-corrected chi connectivity index (χ3v) is 4.52. The summed E-state index contributed by atoms with van der Waals surface area (Å²) in [6.07, 6.45) is 2.48. The van der Waals surface area contributed by atoms with E-state index in [9.17, 15) is 4.79 Å². The Bertz CT molecular complexity index is 681. The van der Waals surface area contributed by atoms with E-state index in [1.165, 1.54) is 11.5 Å². The van der Waals surface area contributed by atoms with E-state index in [0.29, 0.717) is 31.0 Å². The molecule has 0 unspecified atom stereocenters. The highest BCUT2D eigenvalue weighted by molar-refractivity contribution is 7.08. The SMILES string of the molecule is CCc1nnsc1C(=O)N1CCO[C@@H](c2nc(C)cn2C)C1. The fraction of sp³-hybridized carbons (Fsp3) is 0.571. The van der Waals surface area contributed by atoms with Crippen LogP contribution in [0.5, 0.6) is 0 Å². The van der Waals surface area contributed by atoms with Gasteiger partial charge in [0, 0.05) is 19.8 Å². The van der Waals surface area contributed by atoms with E-state index in [1.807, 2.05) is 36.6 Å². The van der Waals surface area contributed by atoms with Gasteiger partial charge in [-0.2, -0.15) is 0 Å². The summed E-state index contributed by atoms with van der Waals surface area (Å²) >= 11 is 1.17. The lowest BCUT2D eigenvalue weighted by Crippen LogP contribution is -2.42. The first-order valence-corrected chi connectivity index (χ1v) is 8.09. The predicted octanol–water partition coefficient (Wildman–Crippen LogP) is 1.36. The molecule has 2 aromatic heterocycles. The van der Waals surface area contributed by atoms with Crippen molar-refractivity contribution in [2.24, 2.45) is 7.05 Å². The molecule has 1 fully saturated rings. The molecule has 1 aliphatic heterocycles. The maximum atomic E-state index is 12.7. The van der Waals surface area contributed by atoms with Crippen LogP contribution in [-0.2, 0) is 18.2 Å². The summed E-state index contributed by atoms with van der Waals surface area (Å²) in [5.74, 6) is 0.847. The van der Waals surface area contributed by atoms with Gasteiger partial charge in [0.2, 0.25) is 0 Å². The Balaban J connectivity index is 1.78. The second kappa shape index (κ2) is 6.13. The normalized spacial score (nSPS) is 18.7. The van der Waals surface area contributed by atoms with Crippen LogP contribution in [0.2, 0.25) is 0 Å². The minimum absolute atomic E-state index is 0.00826. The van der Waals surface area contributed by atoms with Crippen molar-refractivity contribution >= 4 is 17.4 Å². The lowest BCUT2D eigenvalue weighted by molar-refractivity contribution is -0.0278. The molecular formula is C14H19N5O2S. The standard InChI is InChI=1S/C14H19N5O2S/c1-4-10-12(22-17-16-10)14(20)19-5-6-21-11(8-19)13-15-9(2)7-18(13)3/h7,11H,4-6,8H2,1-3H3/t11-/m1/s1. The van der Waals surface area contributed by atoms with Gasteiger partial charge in [-0.25, -0.2) is 4.98 Å². The number of ether oxygens (including phenoxy) is 1. The molecule has 1 atom stereocenters. The van der Waals surface area contributed by atoms with Crippen LogP contribution in [-0.4, -0.2) is 49.6 Å². The number of nitrogens with zero attached hydrogens (tertiary/aromatic N) is 5. The van der Waals surface area contributed by atoms with Crippen molar-refractivity contribution in [1.82, 2.24) is 24.0 Å². The molecule has 22 heavy (non-hydrogen) atoms. The minimum atomic E-state index is -0.192. The summed E-state index contributed by atoms with van der Waals surface area (Å²) in [5.41, 5.74) is 1.72. The third-order valence-electron chi connectivity index (χ3n) is 3.76. The number of rotatable bonds is 3. The van der Waals surface area contributed by atoms with Crippen molar-refractivity contribution in [1.29, 1.82) is 0 Å². The Kier molecular flexibility index (Phi) is 4.21. The van der Waals surface area contributed by atoms with Gasteiger partial charge >= 0.3 is 0 Å². The van der Waals surface area contributed by atoms with Gasteiger partial charge in [0.1, 0.15) is 16.8 Å².